The molecule has 9 nitrogen and oxygen atoms in total. The molecule has 190 valence electrons. The molecule has 4 aromatic rings. The molecule has 2 aromatic heterocycles. The number of aromatic nitrogens is 3. The van der Waals surface area contributed by atoms with Crippen molar-refractivity contribution in [3.8, 4) is 11.3 Å². The van der Waals surface area contributed by atoms with Crippen LogP contribution in [-0.2, 0) is 10.9 Å². The predicted octanol–water partition coefficient (Wildman–Crippen LogP) is 5.18. The van der Waals surface area contributed by atoms with Gasteiger partial charge < -0.3 is 19.4 Å². The standard InChI is InChI=1S/C25H22F3N7O2/c26-25(27,28)20-9-5-4-8-19(20)21-11-10-18(37-21)16-29-34-23-31-22(30-17-6-2-1-3-7-17)32-24(33-23)35-12-14-36-15-13-35/h1-11,16H,12-15H2,(H2,30,31,32,33,34)/b29-16-. The van der Waals surface area contributed by atoms with Gasteiger partial charge in [-0.25, -0.2) is 5.43 Å². The molecule has 1 aliphatic rings. The van der Waals surface area contributed by atoms with Crippen molar-refractivity contribution in [1.29, 1.82) is 0 Å². The molecule has 5 rings (SSSR count). The predicted molar refractivity (Wildman–Crippen MR) is 133 cm³/mol. The number of anilines is 4. The van der Waals surface area contributed by atoms with Crippen LogP contribution in [0.5, 0.6) is 0 Å². The summed E-state index contributed by atoms with van der Waals surface area (Å²) in [4.78, 5) is 15.3. The molecule has 0 spiro atoms. The van der Waals surface area contributed by atoms with Gasteiger partial charge in [0.1, 0.15) is 11.5 Å². The maximum absolute atomic E-state index is 13.4. The van der Waals surface area contributed by atoms with Gasteiger partial charge in [-0.2, -0.15) is 33.2 Å². The Bertz CT molecular complexity index is 1370. The van der Waals surface area contributed by atoms with Crippen molar-refractivity contribution >= 4 is 29.7 Å². The van der Waals surface area contributed by atoms with Gasteiger partial charge in [-0.05, 0) is 30.3 Å². The van der Waals surface area contributed by atoms with E-state index in [1.165, 1.54) is 36.5 Å². The van der Waals surface area contributed by atoms with E-state index in [2.05, 4.69) is 30.8 Å². The second-order valence-corrected chi connectivity index (χ2v) is 7.99. The lowest BCUT2D eigenvalue weighted by molar-refractivity contribution is -0.137. The van der Waals surface area contributed by atoms with Crippen molar-refractivity contribution in [2.24, 2.45) is 5.10 Å². The summed E-state index contributed by atoms with van der Waals surface area (Å²) in [6.07, 6.45) is -3.16. The molecule has 0 amide bonds. The maximum Gasteiger partial charge on any atom is 0.417 e. The highest BCUT2D eigenvalue weighted by molar-refractivity contribution is 5.78. The van der Waals surface area contributed by atoms with Gasteiger partial charge in [0.05, 0.1) is 25.0 Å². The van der Waals surface area contributed by atoms with Crippen molar-refractivity contribution in [2.45, 2.75) is 6.18 Å². The number of rotatable bonds is 7. The second kappa shape index (κ2) is 10.7. The average Bonchev–Trinajstić information content (AvgIpc) is 3.38. The van der Waals surface area contributed by atoms with Gasteiger partial charge in [-0.15, -0.1) is 0 Å². The summed E-state index contributed by atoms with van der Waals surface area (Å²) in [5.41, 5.74) is 2.73. The zero-order valence-electron chi connectivity index (χ0n) is 19.4. The largest absolute Gasteiger partial charge is 0.455 e. The van der Waals surface area contributed by atoms with Crippen molar-refractivity contribution in [2.75, 3.05) is 41.9 Å². The minimum Gasteiger partial charge on any atom is -0.455 e. The Morgan fingerprint density at radius 3 is 2.38 bits per heavy atom. The fourth-order valence-corrected chi connectivity index (χ4v) is 3.69. The molecule has 1 fully saturated rings. The highest BCUT2D eigenvalue weighted by Crippen LogP contribution is 2.37. The van der Waals surface area contributed by atoms with E-state index in [9.17, 15) is 13.2 Å². The summed E-state index contributed by atoms with van der Waals surface area (Å²) < 4.78 is 51.1. The zero-order chi connectivity index (χ0) is 25.7. The van der Waals surface area contributed by atoms with E-state index in [1.807, 2.05) is 35.2 Å². The first-order chi connectivity index (χ1) is 18.0. The number of nitrogens with zero attached hydrogens (tertiary/aromatic N) is 5. The highest BCUT2D eigenvalue weighted by atomic mass is 19.4. The van der Waals surface area contributed by atoms with E-state index in [-0.39, 0.29) is 23.0 Å². The molecule has 12 heteroatoms. The van der Waals surface area contributed by atoms with Gasteiger partial charge in [0.2, 0.25) is 17.8 Å². The number of furan rings is 1. The molecule has 0 atom stereocenters. The molecule has 37 heavy (non-hydrogen) atoms. The summed E-state index contributed by atoms with van der Waals surface area (Å²) in [5.74, 6) is 1.30. The summed E-state index contributed by atoms with van der Waals surface area (Å²) in [6, 6.07) is 17.7. The normalized spacial score (nSPS) is 14.2. The zero-order valence-corrected chi connectivity index (χ0v) is 19.4. The molecule has 0 bridgehead atoms. The van der Waals surface area contributed by atoms with E-state index in [1.54, 1.807) is 0 Å². The smallest absolute Gasteiger partial charge is 0.417 e. The van der Waals surface area contributed by atoms with E-state index in [4.69, 9.17) is 9.15 Å². The molecule has 1 saturated heterocycles. The van der Waals surface area contributed by atoms with E-state index >= 15 is 0 Å². The number of hydrogen-bond donors (Lipinski definition) is 2. The van der Waals surface area contributed by atoms with Crippen molar-refractivity contribution in [3.63, 3.8) is 0 Å². The SMILES string of the molecule is FC(F)(F)c1ccccc1-c1ccc(/C=N\Nc2nc(Nc3ccccc3)nc(N3CCOCC3)n2)o1. The third-order valence-corrected chi connectivity index (χ3v) is 5.43. The lowest BCUT2D eigenvalue weighted by Crippen LogP contribution is -2.37. The molecule has 2 aromatic carbocycles. The van der Waals surface area contributed by atoms with Crippen LogP contribution in [0.3, 0.4) is 0 Å². The third-order valence-electron chi connectivity index (χ3n) is 5.43. The van der Waals surface area contributed by atoms with Crippen LogP contribution in [0.25, 0.3) is 11.3 Å². The molecular weight excluding hydrogens is 487 g/mol. The molecule has 3 heterocycles. The highest BCUT2D eigenvalue weighted by Gasteiger charge is 2.34. The number of hydrogen-bond acceptors (Lipinski definition) is 9. The van der Waals surface area contributed by atoms with Gasteiger partial charge in [0.25, 0.3) is 0 Å². The lowest BCUT2D eigenvalue weighted by Gasteiger charge is -2.27. The van der Waals surface area contributed by atoms with Crippen LogP contribution in [0, 0.1) is 0 Å². The van der Waals surface area contributed by atoms with E-state index in [0.717, 1.165) is 11.8 Å². The third kappa shape index (κ3) is 6.04. The van der Waals surface area contributed by atoms with Crippen LogP contribution in [-0.4, -0.2) is 47.5 Å². The molecular formula is C25H22F3N7O2. The number of alkyl halides is 3. The van der Waals surface area contributed by atoms with Gasteiger partial charge >= 0.3 is 6.18 Å². The van der Waals surface area contributed by atoms with Crippen LogP contribution in [0.4, 0.5) is 36.7 Å². The topological polar surface area (TPSA) is 101 Å². The monoisotopic (exact) mass is 509 g/mol. The number of para-hydroxylation sites is 1. The maximum atomic E-state index is 13.4. The molecule has 0 unspecified atom stereocenters. The fraction of sp³-hybridized carbons (Fsp3) is 0.200. The molecule has 2 N–H and O–H groups in total. The van der Waals surface area contributed by atoms with E-state index < -0.39 is 11.7 Å². The van der Waals surface area contributed by atoms with Crippen LogP contribution >= 0.6 is 0 Å². The summed E-state index contributed by atoms with van der Waals surface area (Å²) in [5, 5.41) is 7.26. The summed E-state index contributed by atoms with van der Waals surface area (Å²) >= 11 is 0. The summed E-state index contributed by atoms with van der Waals surface area (Å²) in [6.45, 7) is 2.39. The first-order valence-corrected chi connectivity index (χ1v) is 11.4. The van der Waals surface area contributed by atoms with Crippen LogP contribution in [0.15, 0.2) is 76.2 Å². The first-order valence-electron chi connectivity index (χ1n) is 11.4. The second-order valence-electron chi connectivity index (χ2n) is 7.99. The quantitative estimate of drug-likeness (QED) is 0.260. The number of benzene rings is 2. The Balaban J connectivity index is 1.35. The van der Waals surface area contributed by atoms with Gasteiger partial charge in [-0.3, -0.25) is 0 Å². The number of halogens is 3. The van der Waals surface area contributed by atoms with Crippen LogP contribution in [0.2, 0.25) is 0 Å². The Kier molecular flexibility index (Phi) is 6.99. The Morgan fingerprint density at radius 2 is 1.59 bits per heavy atom. The number of hydrazone groups is 1. The number of morpholine rings is 1. The number of ether oxygens (including phenoxy) is 1. The van der Waals surface area contributed by atoms with Crippen molar-refractivity contribution < 1.29 is 22.3 Å². The Morgan fingerprint density at radius 1 is 0.865 bits per heavy atom. The average molecular weight is 509 g/mol. The van der Waals surface area contributed by atoms with E-state index in [0.29, 0.717) is 38.2 Å². The van der Waals surface area contributed by atoms with Crippen molar-refractivity contribution in [3.05, 3.63) is 78.1 Å². The minimum absolute atomic E-state index is 0.0492. The summed E-state index contributed by atoms with van der Waals surface area (Å²) in [7, 11) is 0. The lowest BCUT2D eigenvalue weighted by atomic mass is 10.1. The minimum atomic E-state index is -4.50. The van der Waals surface area contributed by atoms with Gasteiger partial charge in [0.15, 0.2) is 0 Å². The molecule has 0 aliphatic carbocycles. The Hall–Kier alpha value is -4.45. The number of nitrogens with one attached hydrogen (secondary N) is 2. The Labute approximate surface area is 210 Å². The van der Waals surface area contributed by atoms with Crippen LogP contribution < -0.4 is 15.6 Å². The van der Waals surface area contributed by atoms with Gasteiger partial charge in [0, 0.05) is 24.3 Å². The first kappa shape index (κ1) is 24.3. The molecule has 1 aliphatic heterocycles. The molecule has 0 saturated carbocycles. The van der Waals surface area contributed by atoms with Crippen molar-refractivity contribution in [1.82, 2.24) is 15.0 Å². The molecule has 0 radical (unpaired) electrons. The van der Waals surface area contributed by atoms with Crippen LogP contribution in [0.1, 0.15) is 11.3 Å². The fourth-order valence-electron chi connectivity index (χ4n) is 3.69. The van der Waals surface area contributed by atoms with Gasteiger partial charge in [-0.1, -0.05) is 36.4 Å².